The van der Waals surface area contributed by atoms with Crippen LogP contribution in [-0.2, 0) is 11.3 Å². The van der Waals surface area contributed by atoms with E-state index in [1.165, 1.54) is 11.8 Å². The standard InChI is InChI=1S/C15H17ClN2O3S/c16-10-3-4-12-13(8-10)17-15(22-7-5-19)18(14(12)20)9-11-2-1-6-21-11/h3-4,8,11,19H,1-2,5-7,9H2/t11-/m1/s1. The second-order valence-corrected chi connectivity index (χ2v) is 6.68. The van der Waals surface area contributed by atoms with Crippen LogP contribution in [0.15, 0.2) is 28.2 Å². The number of hydrogen-bond acceptors (Lipinski definition) is 5. The van der Waals surface area contributed by atoms with Gasteiger partial charge < -0.3 is 9.84 Å². The predicted octanol–water partition coefficient (Wildman–Crippen LogP) is 2.31. The number of halogens is 1. The minimum absolute atomic E-state index is 0.0358. The smallest absolute Gasteiger partial charge is 0.262 e. The van der Waals surface area contributed by atoms with Crippen molar-refractivity contribution in [3.8, 4) is 0 Å². The van der Waals surface area contributed by atoms with Crippen LogP contribution in [0.4, 0.5) is 0 Å². The van der Waals surface area contributed by atoms with Crippen LogP contribution < -0.4 is 5.56 Å². The van der Waals surface area contributed by atoms with E-state index in [-0.39, 0.29) is 18.3 Å². The largest absolute Gasteiger partial charge is 0.396 e. The van der Waals surface area contributed by atoms with Crippen LogP contribution in [0, 0.1) is 0 Å². The van der Waals surface area contributed by atoms with Gasteiger partial charge in [0.05, 0.1) is 30.2 Å². The molecule has 0 radical (unpaired) electrons. The monoisotopic (exact) mass is 340 g/mol. The van der Waals surface area contributed by atoms with Gasteiger partial charge in [-0.15, -0.1) is 0 Å². The van der Waals surface area contributed by atoms with Crippen LogP contribution in [-0.4, -0.2) is 39.7 Å². The topological polar surface area (TPSA) is 64.3 Å². The van der Waals surface area contributed by atoms with Gasteiger partial charge in [0.2, 0.25) is 0 Å². The maximum atomic E-state index is 12.8. The Morgan fingerprint density at radius 1 is 1.50 bits per heavy atom. The zero-order valence-electron chi connectivity index (χ0n) is 12.0. The minimum atomic E-state index is -0.0855. The number of thioether (sulfide) groups is 1. The first-order valence-corrected chi connectivity index (χ1v) is 8.61. The van der Waals surface area contributed by atoms with E-state index in [4.69, 9.17) is 21.4 Å². The molecule has 1 saturated heterocycles. The quantitative estimate of drug-likeness (QED) is 0.668. The number of hydrogen-bond donors (Lipinski definition) is 1. The summed E-state index contributed by atoms with van der Waals surface area (Å²) in [5.41, 5.74) is 0.499. The fourth-order valence-corrected chi connectivity index (χ4v) is 3.49. The summed E-state index contributed by atoms with van der Waals surface area (Å²) in [6.45, 7) is 1.28. The van der Waals surface area contributed by atoms with Crippen molar-refractivity contribution in [3.05, 3.63) is 33.6 Å². The highest BCUT2D eigenvalue weighted by molar-refractivity contribution is 7.99. The van der Waals surface area contributed by atoms with E-state index in [1.807, 2.05) is 0 Å². The highest BCUT2D eigenvalue weighted by Gasteiger charge is 2.20. The lowest BCUT2D eigenvalue weighted by molar-refractivity contribution is 0.0937. The molecule has 1 fully saturated rings. The SMILES string of the molecule is O=c1c2ccc(Cl)cc2nc(SCCO)n1C[C@H]1CCCO1. The summed E-state index contributed by atoms with van der Waals surface area (Å²) in [5, 5.41) is 10.8. The van der Waals surface area contributed by atoms with Crippen molar-refractivity contribution in [1.82, 2.24) is 9.55 Å². The van der Waals surface area contributed by atoms with Crippen molar-refractivity contribution in [3.63, 3.8) is 0 Å². The average Bonchev–Trinajstić information content (AvgIpc) is 3.01. The molecule has 0 aliphatic carbocycles. The van der Waals surface area contributed by atoms with E-state index in [0.29, 0.717) is 33.4 Å². The third-order valence-electron chi connectivity index (χ3n) is 3.61. The lowest BCUT2D eigenvalue weighted by Crippen LogP contribution is -2.29. The number of aliphatic hydroxyl groups is 1. The molecule has 1 atom stereocenters. The Morgan fingerprint density at radius 2 is 2.36 bits per heavy atom. The van der Waals surface area contributed by atoms with E-state index >= 15 is 0 Å². The van der Waals surface area contributed by atoms with Gasteiger partial charge in [0.1, 0.15) is 0 Å². The summed E-state index contributed by atoms with van der Waals surface area (Å²) in [7, 11) is 0. The third-order valence-corrected chi connectivity index (χ3v) is 4.81. The van der Waals surface area contributed by atoms with Crippen LogP contribution in [0.3, 0.4) is 0 Å². The second kappa shape index (κ2) is 7.00. The van der Waals surface area contributed by atoms with Crippen molar-refractivity contribution in [1.29, 1.82) is 0 Å². The highest BCUT2D eigenvalue weighted by atomic mass is 35.5. The van der Waals surface area contributed by atoms with Gasteiger partial charge in [-0.25, -0.2) is 4.98 Å². The van der Waals surface area contributed by atoms with Gasteiger partial charge >= 0.3 is 0 Å². The number of aromatic nitrogens is 2. The number of ether oxygens (including phenoxy) is 1. The normalized spacial score (nSPS) is 18.2. The summed E-state index contributed by atoms with van der Waals surface area (Å²) in [6.07, 6.45) is 2.03. The van der Waals surface area contributed by atoms with E-state index in [0.717, 1.165) is 19.4 Å². The molecule has 118 valence electrons. The molecule has 3 rings (SSSR count). The van der Waals surface area contributed by atoms with Crippen molar-refractivity contribution >= 4 is 34.3 Å². The Balaban J connectivity index is 2.06. The van der Waals surface area contributed by atoms with Crippen LogP contribution in [0.5, 0.6) is 0 Å². The number of aliphatic hydroxyl groups excluding tert-OH is 1. The lowest BCUT2D eigenvalue weighted by Gasteiger charge is -2.16. The van der Waals surface area contributed by atoms with Crippen molar-refractivity contribution in [2.45, 2.75) is 30.6 Å². The molecule has 0 amide bonds. The summed E-state index contributed by atoms with van der Waals surface area (Å²) < 4.78 is 7.29. The predicted molar refractivity (Wildman–Crippen MR) is 87.8 cm³/mol. The Kier molecular flexibility index (Phi) is 5.03. The molecule has 2 aromatic rings. The van der Waals surface area contributed by atoms with Gasteiger partial charge in [0, 0.05) is 17.4 Å². The van der Waals surface area contributed by atoms with E-state index in [2.05, 4.69) is 4.98 Å². The molecular weight excluding hydrogens is 324 g/mol. The van der Waals surface area contributed by atoms with Gasteiger partial charge in [-0.1, -0.05) is 23.4 Å². The number of rotatable bonds is 5. The number of fused-ring (bicyclic) bond motifs is 1. The molecule has 1 aliphatic rings. The second-order valence-electron chi connectivity index (χ2n) is 5.18. The van der Waals surface area contributed by atoms with Gasteiger partial charge in [0.15, 0.2) is 5.16 Å². The summed E-state index contributed by atoms with van der Waals surface area (Å²) in [5.74, 6) is 0.490. The molecule has 0 spiro atoms. The van der Waals surface area contributed by atoms with Crippen LogP contribution >= 0.6 is 23.4 Å². The third kappa shape index (κ3) is 3.30. The molecule has 22 heavy (non-hydrogen) atoms. The molecule has 0 bridgehead atoms. The van der Waals surface area contributed by atoms with Crippen molar-refractivity contribution < 1.29 is 9.84 Å². The van der Waals surface area contributed by atoms with E-state index in [1.54, 1.807) is 22.8 Å². The zero-order valence-corrected chi connectivity index (χ0v) is 13.6. The fourth-order valence-electron chi connectivity index (χ4n) is 2.57. The summed E-state index contributed by atoms with van der Waals surface area (Å²) in [6, 6.07) is 5.10. The Labute approximate surface area is 137 Å². The lowest BCUT2D eigenvalue weighted by atomic mass is 10.2. The van der Waals surface area contributed by atoms with Gasteiger partial charge in [0.25, 0.3) is 5.56 Å². The molecule has 1 N–H and O–H groups in total. The van der Waals surface area contributed by atoms with Crippen molar-refractivity contribution in [2.75, 3.05) is 19.0 Å². The number of nitrogens with zero attached hydrogens (tertiary/aromatic N) is 2. The zero-order chi connectivity index (χ0) is 15.5. The van der Waals surface area contributed by atoms with Crippen molar-refractivity contribution in [2.24, 2.45) is 0 Å². The van der Waals surface area contributed by atoms with Gasteiger partial charge in [-0.05, 0) is 31.0 Å². The highest BCUT2D eigenvalue weighted by Crippen LogP contribution is 2.22. The van der Waals surface area contributed by atoms with Crippen LogP contribution in [0.25, 0.3) is 10.9 Å². The molecule has 1 aliphatic heterocycles. The molecule has 0 saturated carbocycles. The molecule has 1 aromatic carbocycles. The summed E-state index contributed by atoms with van der Waals surface area (Å²) in [4.78, 5) is 17.3. The fraction of sp³-hybridized carbons (Fsp3) is 0.467. The van der Waals surface area contributed by atoms with E-state index < -0.39 is 0 Å². The number of benzene rings is 1. The first-order valence-electron chi connectivity index (χ1n) is 7.24. The minimum Gasteiger partial charge on any atom is -0.396 e. The Morgan fingerprint density at radius 3 is 3.09 bits per heavy atom. The van der Waals surface area contributed by atoms with Crippen LogP contribution in [0.1, 0.15) is 12.8 Å². The van der Waals surface area contributed by atoms with Crippen LogP contribution in [0.2, 0.25) is 5.02 Å². The van der Waals surface area contributed by atoms with Gasteiger partial charge in [-0.2, -0.15) is 0 Å². The molecule has 7 heteroatoms. The first kappa shape index (κ1) is 15.8. The molecule has 0 unspecified atom stereocenters. The molecule has 2 heterocycles. The molecule has 1 aromatic heterocycles. The Bertz CT molecular complexity index is 729. The first-order chi connectivity index (χ1) is 10.7. The molecular formula is C15H17ClN2O3S. The average molecular weight is 341 g/mol. The van der Waals surface area contributed by atoms with Gasteiger partial charge in [-0.3, -0.25) is 9.36 Å². The summed E-state index contributed by atoms with van der Waals surface area (Å²) >= 11 is 7.36. The van der Waals surface area contributed by atoms with E-state index in [9.17, 15) is 4.79 Å². The maximum absolute atomic E-state index is 12.8. The Hall–Kier alpha value is -1.08. The molecule has 5 nitrogen and oxygen atoms in total. The maximum Gasteiger partial charge on any atom is 0.262 e.